The number of ether oxygens (including phenoxy) is 1. The summed E-state index contributed by atoms with van der Waals surface area (Å²) in [5, 5.41) is 11.7. The first-order valence-electron chi connectivity index (χ1n) is 7.59. The molecule has 26 heavy (non-hydrogen) atoms. The minimum atomic E-state index is -1.15. The molecule has 0 spiro atoms. The van der Waals surface area contributed by atoms with E-state index in [1.54, 1.807) is 25.3 Å². The topological polar surface area (TPSA) is 81.4 Å². The van der Waals surface area contributed by atoms with Crippen molar-refractivity contribution >= 4 is 50.7 Å². The quantitative estimate of drug-likeness (QED) is 0.667. The van der Waals surface area contributed by atoms with E-state index in [-0.39, 0.29) is 17.5 Å². The Labute approximate surface area is 162 Å². The number of fused-ring (bicyclic) bond motifs is 1. The molecule has 0 saturated carbocycles. The van der Waals surface area contributed by atoms with Crippen LogP contribution >= 0.6 is 34.5 Å². The van der Waals surface area contributed by atoms with E-state index in [2.05, 4.69) is 4.98 Å². The second-order valence-electron chi connectivity index (χ2n) is 5.55. The summed E-state index contributed by atoms with van der Waals surface area (Å²) in [5.74, 6) is -0.630. The Morgan fingerprint density at radius 1 is 1.35 bits per heavy atom. The number of benzene rings is 1. The number of nitrogens with zero attached hydrogens (tertiary/aromatic N) is 2. The van der Waals surface area contributed by atoms with Crippen molar-refractivity contribution in [1.29, 1.82) is 0 Å². The summed E-state index contributed by atoms with van der Waals surface area (Å²) < 4.78 is 6.55. The maximum atomic E-state index is 13.0. The number of hydrogen-bond acceptors (Lipinski definition) is 5. The molecular formula is C17H14Cl2N2O4S. The Morgan fingerprint density at radius 2 is 2.12 bits per heavy atom. The highest BCUT2D eigenvalue weighted by Gasteiger charge is 2.19. The minimum Gasteiger partial charge on any atom is -0.478 e. The predicted octanol–water partition coefficient (Wildman–Crippen LogP) is 3.70. The summed E-state index contributed by atoms with van der Waals surface area (Å²) in [4.78, 5) is 29.3. The number of hydrogen-bond donors (Lipinski definition) is 1. The maximum Gasteiger partial charge on any atom is 0.337 e. The number of thiophene rings is 1. The lowest BCUT2D eigenvalue weighted by atomic mass is 10.2. The highest BCUT2D eigenvalue weighted by Crippen LogP contribution is 2.25. The van der Waals surface area contributed by atoms with Gasteiger partial charge >= 0.3 is 5.97 Å². The SMILES string of the molecule is COCCc1nc2scc(C(=O)O)c2c(=O)n1Cc1ccc(Cl)c(Cl)c1. The van der Waals surface area contributed by atoms with Crippen LogP contribution < -0.4 is 5.56 Å². The summed E-state index contributed by atoms with van der Waals surface area (Å²) in [6.45, 7) is 0.586. The number of carboxylic acid groups (broad SMARTS) is 1. The van der Waals surface area contributed by atoms with Gasteiger partial charge in [0.05, 0.1) is 34.1 Å². The standard InChI is InChI=1S/C17H14Cl2N2O4S/c1-25-5-4-13-20-15-14(10(8-26-15)17(23)24)16(22)21(13)7-9-2-3-11(18)12(19)6-9/h2-3,6,8H,4-5,7H2,1H3,(H,23,24). The van der Waals surface area contributed by atoms with Crippen LogP contribution in [-0.2, 0) is 17.7 Å². The van der Waals surface area contributed by atoms with Crippen LogP contribution in [0.2, 0.25) is 10.0 Å². The van der Waals surface area contributed by atoms with Crippen molar-refractivity contribution in [2.45, 2.75) is 13.0 Å². The number of methoxy groups -OCH3 is 1. The summed E-state index contributed by atoms with van der Waals surface area (Å²) in [6, 6.07) is 5.08. The second-order valence-corrected chi connectivity index (χ2v) is 7.22. The number of aromatic nitrogens is 2. The van der Waals surface area contributed by atoms with Gasteiger partial charge in [-0.15, -0.1) is 11.3 Å². The minimum absolute atomic E-state index is 0.0383. The van der Waals surface area contributed by atoms with Gasteiger partial charge in [0.25, 0.3) is 5.56 Å². The molecule has 3 rings (SSSR count). The van der Waals surface area contributed by atoms with Gasteiger partial charge in [-0.2, -0.15) is 0 Å². The van der Waals surface area contributed by atoms with Crippen LogP contribution in [0.15, 0.2) is 28.4 Å². The lowest BCUT2D eigenvalue weighted by Gasteiger charge is -2.13. The number of rotatable bonds is 6. The van der Waals surface area contributed by atoms with Gasteiger partial charge in [0.2, 0.25) is 0 Å². The number of aromatic carboxylic acids is 1. The van der Waals surface area contributed by atoms with Crippen LogP contribution in [0, 0.1) is 0 Å². The molecule has 0 aliphatic carbocycles. The van der Waals surface area contributed by atoms with Crippen molar-refractivity contribution in [3.05, 3.63) is 60.9 Å². The van der Waals surface area contributed by atoms with Gasteiger partial charge in [0.15, 0.2) is 0 Å². The first-order chi connectivity index (χ1) is 12.4. The van der Waals surface area contributed by atoms with Crippen LogP contribution in [-0.4, -0.2) is 34.3 Å². The van der Waals surface area contributed by atoms with E-state index in [0.717, 1.165) is 16.9 Å². The van der Waals surface area contributed by atoms with Crippen LogP contribution in [0.5, 0.6) is 0 Å². The van der Waals surface area contributed by atoms with Gasteiger partial charge in [-0.1, -0.05) is 29.3 Å². The van der Waals surface area contributed by atoms with E-state index in [1.807, 2.05) is 0 Å². The van der Waals surface area contributed by atoms with Crippen molar-refractivity contribution < 1.29 is 14.6 Å². The van der Waals surface area contributed by atoms with Crippen LogP contribution in [0.1, 0.15) is 21.7 Å². The van der Waals surface area contributed by atoms with E-state index in [1.165, 1.54) is 9.95 Å². The molecule has 6 nitrogen and oxygen atoms in total. The molecule has 0 bridgehead atoms. The first-order valence-corrected chi connectivity index (χ1v) is 9.23. The molecule has 1 N–H and O–H groups in total. The molecule has 1 aromatic carbocycles. The zero-order valence-corrected chi connectivity index (χ0v) is 16.0. The third-order valence-electron chi connectivity index (χ3n) is 3.86. The Bertz CT molecular complexity index is 1050. The fraction of sp³-hybridized carbons (Fsp3) is 0.235. The van der Waals surface area contributed by atoms with Gasteiger partial charge in [-0.3, -0.25) is 9.36 Å². The second kappa shape index (κ2) is 7.75. The predicted molar refractivity (Wildman–Crippen MR) is 102 cm³/mol. The molecule has 0 saturated heterocycles. The maximum absolute atomic E-state index is 13.0. The van der Waals surface area contributed by atoms with E-state index < -0.39 is 11.5 Å². The van der Waals surface area contributed by atoms with Crippen molar-refractivity contribution in [1.82, 2.24) is 9.55 Å². The van der Waals surface area contributed by atoms with Gasteiger partial charge in [-0.05, 0) is 17.7 Å². The molecule has 9 heteroatoms. The Balaban J connectivity index is 2.17. The third-order valence-corrected chi connectivity index (χ3v) is 5.47. The molecule has 3 aromatic rings. The largest absolute Gasteiger partial charge is 0.478 e. The Morgan fingerprint density at radius 3 is 2.77 bits per heavy atom. The average Bonchev–Trinajstić information content (AvgIpc) is 3.03. The Kier molecular flexibility index (Phi) is 5.62. The zero-order chi connectivity index (χ0) is 18.8. The molecule has 0 atom stereocenters. The molecule has 0 radical (unpaired) electrons. The molecule has 2 heterocycles. The summed E-state index contributed by atoms with van der Waals surface area (Å²) >= 11 is 13.1. The van der Waals surface area contributed by atoms with Gasteiger partial charge in [-0.25, -0.2) is 9.78 Å². The lowest BCUT2D eigenvalue weighted by Crippen LogP contribution is -2.27. The molecule has 0 aliphatic heterocycles. The van der Waals surface area contributed by atoms with Crippen LogP contribution in [0.4, 0.5) is 0 Å². The summed E-state index contributed by atoms with van der Waals surface area (Å²) in [7, 11) is 1.56. The molecule has 0 amide bonds. The van der Waals surface area contributed by atoms with Gasteiger partial charge < -0.3 is 9.84 Å². The van der Waals surface area contributed by atoms with Gasteiger partial charge in [0.1, 0.15) is 10.7 Å². The number of carbonyl (C=O) groups is 1. The highest BCUT2D eigenvalue weighted by atomic mass is 35.5. The molecule has 0 unspecified atom stereocenters. The summed E-state index contributed by atoms with van der Waals surface area (Å²) in [6.07, 6.45) is 0.420. The molecule has 2 aromatic heterocycles. The first kappa shape index (κ1) is 18.8. The zero-order valence-electron chi connectivity index (χ0n) is 13.7. The van der Waals surface area contributed by atoms with Gasteiger partial charge in [0, 0.05) is 18.9 Å². The van der Waals surface area contributed by atoms with E-state index in [9.17, 15) is 14.7 Å². The molecular weight excluding hydrogens is 399 g/mol. The third kappa shape index (κ3) is 3.61. The average molecular weight is 413 g/mol. The normalized spacial score (nSPS) is 11.2. The smallest absolute Gasteiger partial charge is 0.337 e. The van der Waals surface area contributed by atoms with Crippen molar-refractivity contribution in [2.24, 2.45) is 0 Å². The van der Waals surface area contributed by atoms with Crippen molar-refractivity contribution in [2.75, 3.05) is 13.7 Å². The molecule has 0 fully saturated rings. The number of carboxylic acids is 1. The Hall–Kier alpha value is -1.93. The molecule has 0 aliphatic rings. The van der Waals surface area contributed by atoms with E-state index in [0.29, 0.717) is 33.7 Å². The van der Waals surface area contributed by atoms with Crippen molar-refractivity contribution in [3.63, 3.8) is 0 Å². The molecule has 136 valence electrons. The highest BCUT2D eigenvalue weighted by molar-refractivity contribution is 7.17. The van der Waals surface area contributed by atoms with Crippen LogP contribution in [0.25, 0.3) is 10.2 Å². The van der Waals surface area contributed by atoms with E-state index in [4.69, 9.17) is 27.9 Å². The summed E-state index contributed by atoms with van der Waals surface area (Å²) in [5.41, 5.74) is 0.322. The lowest BCUT2D eigenvalue weighted by molar-refractivity contribution is 0.0699. The van der Waals surface area contributed by atoms with Crippen LogP contribution in [0.3, 0.4) is 0 Å². The number of halogens is 2. The monoisotopic (exact) mass is 412 g/mol. The van der Waals surface area contributed by atoms with Crippen molar-refractivity contribution in [3.8, 4) is 0 Å². The fourth-order valence-corrected chi connectivity index (χ4v) is 3.83. The fourth-order valence-electron chi connectivity index (χ4n) is 2.59. The van der Waals surface area contributed by atoms with E-state index >= 15 is 0 Å².